The Morgan fingerprint density at radius 1 is 1.17 bits per heavy atom. The van der Waals surface area contributed by atoms with E-state index in [4.69, 9.17) is 16.9 Å². The van der Waals surface area contributed by atoms with Crippen LogP contribution in [0, 0.1) is 18.3 Å². The summed E-state index contributed by atoms with van der Waals surface area (Å²) in [5.74, 6) is 0. The lowest BCUT2D eigenvalue weighted by atomic mass is 10.1. The topological polar surface area (TPSA) is 35.8 Å². The lowest BCUT2D eigenvalue weighted by Crippen LogP contribution is -1.95. The van der Waals surface area contributed by atoms with Crippen LogP contribution >= 0.6 is 27.5 Å². The van der Waals surface area contributed by atoms with Crippen molar-refractivity contribution >= 4 is 38.9 Å². The SMILES string of the molecule is Cc1cc(Br)ccc1Nc1cc(Cl)ccc1C#N. The molecule has 0 atom stereocenters. The van der Waals surface area contributed by atoms with E-state index in [0.717, 1.165) is 21.4 Å². The number of rotatable bonds is 2. The lowest BCUT2D eigenvalue weighted by Gasteiger charge is -2.11. The number of hydrogen-bond acceptors (Lipinski definition) is 2. The Kier molecular flexibility index (Phi) is 3.90. The third-order valence-corrected chi connectivity index (χ3v) is 3.29. The second-order valence-electron chi connectivity index (χ2n) is 3.89. The minimum absolute atomic E-state index is 0.571. The lowest BCUT2D eigenvalue weighted by molar-refractivity contribution is 1.40. The molecule has 2 aromatic carbocycles. The van der Waals surface area contributed by atoms with Crippen molar-refractivity contribution in [2.75, 3.05) is 5.32 Å². The Hall–Kier alpha value is -1.50. The van der Waals surface area contributed by atoms with E-state index in [0.29, 0.717) is 10.6 Å². The van der Waals surface area contributed by atoms with Gasteiger partial charge in [0, 0.05) is 15.2 Å². The summed E-state index contributed by atoms with van der Waals surface area (Å²) >= 11 is 9.37. The number of aryl methyl sites for hydroxylation is 1. The molecule has 4 heteroatoms. The average molecular weight is 322 g/mol. The van der Waals surface area contributed by atoms with Crippen molar-refractivity contribution in [3.05, 3.63) is 57.0 Å². The molecule has 18 heavy (non-hydrogen) atoms. The number of benzene rings is 2. The molecule has 0 heterocycles. The van der Waals surface area contributed by atoms with Crippen molar-refractivity contribution in [3.63, 3.8) is 0 Å². The van der Waals surface area contributed by atoms with Crippen LogP contribution in [-0.4, -0.2) is 0 Å². The molecule has 0 saturated heterocycles. The van der Waals surface area contributed by atoms with Crippen LogP contribution in [0.15, 0.2) is 40.9 Å². The van der Waals surface area contributed by atoms with Gasteiger partial charge >= 0.3 is 0 Å². The van der Waals surface area contributed by atoms with Gasteiger partial charge in [0.1, 0.15) is 6.07 Å². The van der Waals surface area contributed by atoms with Gasteiger partial charge in [-0.25, -0.2) is 0 Å². The van der Waals surface area contributed by atoms with Gasteiger partial charge < -0.3 is 5.32 Å². The number of nitrogens with zero attached hydrogens (tertiary/aromatic N) is 1. The summed E-state index contributed by atoms with van der Waals surface area (Å²) in [5, 5.41) is 12.9. The summed E-state index contributed by atoms with van der Waals surface area (Å²) < 4.78 is 1.03. The third kappa shape index (κ3) is 2.84. The molecule has 0 bridgehead atoms. The summed E-state index contributed by atoms with van der Waals surface area (Å²) in [6.45, 7) is 2.00. The van der Waals surface area contributed by atoms with Gasteiger partial charge in [-0.2, -0.15) is 5.26 Å². The van der Waals surface area contributed by atoms with Gasteiger partial charge in [0.05, 0.1) is 11.3 Å². The minimum Gasteiger partial charge on any atom is -0.354 e. The summed E-state index contributed by atoms with van der Waals surface area (Å²) in [5.41, 5.74) is 3.34. The Balaban J connectivity index is 2.40. The summed E-state index contributed by atoms with van der Waals surface area (Å²) in [7, 11) is 0. The van der Waals surface area contributed by atoms with Crippen molar-refractivity contribution in [2.45, 2.75) is 6.92 Å². The first-order valence-corrected chi connectivity index (χ1v) is 6.50. The summed E-state index contributed by atoms with van der Waals surface area (Å²) in [6, 6.07) is 13.2. The zero-order chi connectivity index (χ0) is 13.1. The molecule has 0 aliphatic carbocycles. The molecule has 0 spiro atoms. The molecule has 0 amide bonds. The predicted molar refractivity (Wildman–Crippen MR) is 78.3 cm³/mol. The fourth-order valence-electron chi connectivity index (χ4n) is 1.63. The molecular formula is C14H10BrClN2. The Morgan fingerprint density at radius 3 is 2.61 bits per heavy atom. The second kappa shape index (κ2) is 5.43. The zero-order valence-corrected chi connectivity index (χ0v) is 12.0. The molecule has 0 unspecified atom stereocenters. The second-order valence-corrected chi connectivity index (χ2v) is 5.24. The number of halogens is 2. The Morgan fingerprint density at radius 2 is 1.94 bits per heavy atom. The van der Waals surface area contributed by atoms with Crippen molar-refractivity contribution in [3.8, 4) is 6.07 Å². The monoisotopic (exact) mass is 320 g/mol. The fourth-order valence-corrected chi connectivity index (χ4v) is 2.28. The fraction of sp³-hybridized carbons (Fsp3) is 0.0714. The minimum atomic E-state index is 0.571. The molecule has 90 valence electrons. The van der Waals surface area contributed by atoms with Crippen LogP contribution in [-0.2, 0) is 0 Å². The van der Waals surface area contributed by atoms with Gasteiger partial charge in [-0.3, -0.25) is 0 Å². The predicted octanol–water partition coefficient (Wildman–Crippen LogP) is 5.03. The number of hydrogen-bond donors (Lipinski definition) is 1. The summed E-state index contributed by atoms with van der Waals surface area (Å²) in [6.07, 6.45) is 0. The standard InChI is InChI=1S/C14H10BrClN2/c1-9-6-11(15)3-5-13(9)18-14-7-12(16)4-2-10(14)8-17/h2-7,18H,1H3. The number of nitrogens with one attached hydrogen (secondary N) is 1. The Labute approximate surface area is 119 Å². The highest BCUT2D eigenvalue weighted by molar-refractivity contribution is 9.10. The zero-order valence-electron chi connectivity index (χ0n) is 9.67. The molecule has 0 radical (unpaired) electrons. The molecule has 2 aromatic rings. The van der Waals surface area contributed by atoms with E-state index in [2.05, 4.69) is 27.3 Å². The van der Waals surface area contributed by atoms with Crippen LogP contribution in [0.25, 0.3) is 0 Å². The third-order valence-electron chi connectivity index (χ3n) is 2.56. The van der Waals surface area contributed by atoms with Crippen LogP contribution in [0.4, 0.5) is 11.4 Å². The molecule has 0 saturated carbocycles. The van der Waals surface area contributed by atoms with Crippen molar-refractivity contribution < 1.29 is 0 Å². The first-order valence-electron chi connectivity index (χ1n) is 5.33. The van der Waals surface area contributed by atoms with Gasteiger partial charge in [-0.15, -0.1) is 0 Å². The van der Waals surface area contributed by atoms with Crippen LogP contribution in [0.2, 0.25) is 5.02 Å². The van der Waals surface area contributed by atoms with Gasteiger partial charge in [0.25, 0.3) is 0 Å². The number of anilines is 2. The smallest absolute Gasteiger partial charge is 0.101 e. The van der Waals surface area contributed by atoms with Crippen molar-refractivity contribution in [1.29, 1.82) is 5.26 Å². The van der Waals surface area contributed by atoms with E-state index >= 15 is 0 Å². The first-order chi connectivity index (χ1) is 8.60. The molecule has 0 fully saturated rings. The van der Waals surface area contributed by atoms with E-state index in [9.17, 15) is 0 Å². The van der Waals surface area contributed by atoms with Crippen LogP contribution in [0.3, 0.4) is 0 Å². The maximum absolute atomic E-state index is 9.06. The molecule has 0 aliphatic heterocycles. The van der Waals surface area contributed by atoms with E-state index in [1.165, 1.54) is 0 Å². The number of nitriles is 1. The van der Waals surface area contributed by atoms with E-state index in [-0.39, 0.29) is 0 Å². The molecule has 1 N–H and O–H groups in total. The van der Waals surface area contributed by atoms with Crippen molar-refractivity contribution in [1.82, 2.24) is 0 Å². The van der Waals surface area contributed by atoms with Gasteiger partial charge in [0.15, 0.2) is 0 Å². The van der Waals surface area contributed by atoms with E-state index in [1.54, 1.807) is 18.2 Å². The maximum atomic E-state index is 9.06. The average Bonchev–Trinajstić information content (AvgIpc) is 2.33. The normalized spacial score (nSPS) is 9.89. The van der Waals surface area contributed by atoms with Crippen LogP contribution in [0.1, 0.15) is 11.1 Å². The van der Waals surface area contributed by atoms with Gasteiger partial charge in [0.2, 0.25) is 0 Å². The molecule has 2 nitrogen and oxygen atoms in total. The molecule has 0 aromatic heterocycles. The highest BCUT2D eigenvalue weighted by Crippen LogP contribution is 2.27. The molecular weight excluding hydrogens is 312 g/mol. The molecule has 0 aliphatic rings. The van der Waals surface area contributed by atoms with Crippen LogP contribution < -0.4 is 5.32 Å². The highest BCUT2D eigenvalue weighted by Gasteiger charge is 2.05. The first kappa shape index (κ1) is 12.9. The molecule has 2 rings (SSSR count). The van der Waals surface area contributed by atoms with Crippen LogP contribution in [0.5, 0.6) is 0 Å². The van der Waals surface area contributed by atoms with Crippen molar-refractivity contribution in [2.24, 2.45) is 0 Å². The maximum Gasteiger partial charge on any atom is 0.101 e. The largest absolute Gasteiger partial charge is 0.354 e. The Bertz CT molecular complexity index is 632. The van der Waals surface area contributed by atoms with Gasteiger partial charge in [-0.1, -0.05) is 27.5 Å². The summed E-state index contributed by atoms with van der Waals surface area (Å²) in [4.78, 5) is 0. The highest BCUT2D eigenvalue weighted by atomic mass is 79.9. The van der Waals surface area contributed by atoms with Gasteiger partial charge in [-0.05, 0) is 48.9 Å². The van der Waals surface area contributed by atoms with E-state index in [1.807, 2.05) is 25.1 Å². The quantitative estimate of drug-likeness (QED) is 0.842. The van der Waals surface area contributed by atoms with E-state index < -0.39 is 0 Å².